The van der Waals surface area contributed by atoms with Crippen LogP contribution in [0.25, 0.3) is 0 Å². The van der Waals surface area contributed by atoms with Gasteiger partial charge in [-0.15, -0.1) is 0 Å². The first-order valence-corrected chi connectivity index (χ1v) is 8.44. The van der Waals surface area contributed by atoms with Gasteiger partial charge in [-0.2, -0.15) is 0 Å². The number of ether oxygens (including phenoxy) is 2. The fourth-order valence-electron chi connectivity index (χ4n) is 2.58. The fraction of sp³-hybridized carbons (Fsp3) is 0.286. The van der Waals surface area contributed by atoms with E-state index in [0.717, 1.165) is 12.0 Å². The third-order valence-corrected chi connectivity index (χ3v) is 3.76. The monoisotopic (exact) mass is 339 g/mol. The minimum atomic E-state index is -0.0146. The number of hydrogen-bond donors (Lipinski definition) is 0. The standard InChI is InChI=1S/C21H25NO3/c1-4-13-22(16-17-9-7-6-8-10-17)21(23)18-11-12-19(25-14-5-2)20(15-18)24-3/h5-12,15H,2,4,13-14,16H2,1,3H3. The fourth-order valence-corrected chi connectivity index (χ4v) is 2.58. The van der Waals surface area contributed by atoms with Crippen LogP contribution in [0.4, 0.5) is 0 Å². The molecule has 0 bridgehead atoms. The van der Waals surface area contributed by atoms with E-state index in [1.54, 1.807) is 31.4 Å². The van der Waals surface area contributed by atoms with Gasteiger partial charge in [-0.3, -0.25) is 4.79 Å². The van der Waals surface area contributed by atoms with E-state index in [0.29, 0.717) is 36.8 Å². The molecule has 0 radical (unpaired) electrons. The quantitative estimate of drug-likeness (QED) is 0.639. The molecule has 4 heteroatoms. The number of benzene rings is 2. The Morgan fingerprint density at radius 2 is 1.92 bits per heavy atom. The summed E-state index contributed by atoms with van der Waals surface area (Å²) < 4.78 is 10.9. The van der Waals surface area contributed by atoms with E-state index in [-0.39, 0.29) is 5.91 Å². The highest BCUT2D eigenvalue weighted by molar-refractivity contribution is 5.95. The molecule has 0 spiro atoms. The van der Waals surface area contributed by atoms with Crippen LogP contribution in [0.3, 0.4) is 0 Å². The molecule has 0 aliphatic carbocycles. The molecule has 1 amide bonds. The zero-order valence-corrected chi connectivity index (χ0v) is 14.9. The molecule has 2 aromatic rings. The molecule has 0 aromatic heterocycles. The van der Waals surface area contributed by atoms with Crippen LogP contribution in [-0.2, 0) is 6.54 Å². The lowest BCUT2D eigenvalue weighted by Gasteiger charge is -2.23. The van der Waals surface area contributed by atoms with Crippen LogP contribution in [0.1, 0.15) is 29.3 Å². The Balaban J connectivity index is 2.21. The van der Waals surface area contributed by atoms with Crippen molar-refractivity contribution in [2.45, 2.75) is 19.9 Å². The van der Waals surface area contributed by atoms with Gasteiger partial charge in [0.2, 0.25) is 0 Å². The first-order chi connectivity index (χ1) is 12.2. The molecular formula is C21H25NO3. The molecule has 132 valence electrons. The average Bonchev–Trinajstić information content (AvgIpc) is 2.66. The molecule has 0 saturated carbocycles. The van der Waals surface area contributed by atoms with Crippen LogP contribution < -0.4 is 9.47 Å². The first-order valence-electron chi connectivity index (χ1n) is 8.44. The summed E-state index contributed by atoms with van der Waals surface area (Å²) in [6.07, 6.45) is 2.57. The van der Waals surface area contributed by atoms with Crippen molar-refractivity contribution < 1.29 is 14.3 Å². The second-order valence-electron chi connectivity index (χ2n) is 5.68. The van der Waals surface area contributed by atoms with Crippen molar-refractivity contribution in [1.82, 2.24) is 4.90 Å². The predicted molar refractivity (Wildman–Crippen MR) is 100 cm³/mol. The first kappa shape index (κ1) is 18.6. The zero-order chi connectivity index (χ0) is 18.1. The number of amides is 1. The SMILES string of the molecule is C=CCOc1ccc(C(=O)N(CCC)Cc2ccccc2)cc1OC. The minimum absolute atomic E-state index is 0.0146. The summed E-state index contributed by atoms with van der Waals surface area (Å²) in [5, 5.41) is 0. The second kappa shape index (κ2) is 9.52. The van der Waals surface area contributed by atoms with Crippen molar-refractivity contribution in [1.29, 1.82) is 0 Å². The summed E-state index contributed by atoms with van der Waals surface area (Å²) in [6.45, 7) is 7.38. The molecule has 25 heavy (non-hydrogen) atoms. The number of carbonyl (C=O) groups is 1. The Hall–Kier alpha value is -2.75. The third-order valence-electron chi connectivity index (χ3n) is 3.76. The van der Waals surface area contributed by atoms with Gasteiger partial charge in [-0.1, -0.05) is 49.9 Å². The van der Waals surface area contributed by atoms with Crippen molar-refractivity contribution >= 4 is 5.91 Å². The number of rotatable bonds is 9. The van der Waals surface area contributed by atoms with Gasteiger partial charge in [0.15, 0.2) is 11.5 Å². The van der Waals surface area contributed by atoms with Gasteiger partial charge in [-0.05, 0) is 30.2 Å². The molecule has 0 heterocycles. The average molecular weight is 339 g/mol. The maximum absolute atomic E-state index is 12.9. The molecule has 0 fully saturated rings. The summed E-state index contributed by atoms with van der Waals surface area (Å²) in [6, 6.07) is 15.3. The lowest BCUT2D eigenvalue weighted by molar-refractivity contribution is 0.0742. The second-order valence-corrected chi connectivity index (χ2v) is 5.68. The lowest BCUT2D eigenvalue weighted by atomic mass is 10.1. The molecule has 2 rings (SSSR count). The van der Waals surface area contributed by atoms with Crippen molar-refractivity contribution in [3.8, 4) is 11.5 Å². The summed E-state index contributed by atoms with van der Waals surface area (Å²) in [5.41, 5.74) is 1.70. The highest BCUT2D eigenvalue weighted by Gasteiger charge is 2.17. The zero-order valence-electron chi connectivity index (χ0n) is 14.9. The van der Waals surface area contributed by atoms with E-state index in [9.17, 15) is 4.79 Å². The summed E-state index contributed by atoms with van der Waals surface area (Å²) in [4.78, 5) is 14.8. The van der Waals surface area contributed by atoms with E-state index in [1.165, 1.54) is 0 Å². The Morgan fingerprint density at radius 3 is 2.56 bits per heavy atom. The van der Waals surface area contributed by atoms with Crippen LogP contribution in [0.2, 0.25) is 0 Å². The minimum Gasteiger partial charge on any atom is -0.493 e. The smallest absolute Gasteiger partial charge is 0.254 e. The van der Waals surface area contributed by atoms with Gasteiger partial charge in [0, 0.05) is 18.7 Å². The summed E-state index contributed by atoms with van der Waals surface area (Å²) in [7, 11) is 1.57. The van der Waals surface area contributed by atoms with Gasteiger partial charge >= 0.3 is 0 Å². The van der Waals surface area contributed by atoms with Crippen LogP contribution >= 0.6 is 0 Å². The van der Waals surface area contributed by atoms with Gasteiger partial charge < -0.3 is 14.4 Å². The van der Waals surface area contributed by atoms with Crippen LogP contribution in [0.15, 0.2) is 61.2 Å². The number of carbonyl (C=O) groups excluding carboxylic acids is 1. The Kier molecular flexibility index (Phi) is 7.08. The predicted octanol–water partition coefficient (Wildman–Crippen LogP) is 4.31. The van der Waals surface area contributed by atoms with Gasteiger partial charge in [0.05, 0.1) is 7.11 Å². The summed E-state index contributed by atoms with van der Waals surface area (Å²) in [5.74, 6) is 1.13. The van der Waals surface area contributed by atoms with E-state index >= 15 is 0 Å². The van der Waals surface area contributed by atoms with Crippen molar-refractivity contribution in [3.63, 3.8) is 0 Å². The van der Waals surface area contributed by atoms with Crippen LogP contribution in [-0.4, -0.2) is 31.1 Å². The number of nitrogens with zero attached hydrogens (tertiary/aromatic N) is 1. The van der Waals surface area contributed by atoms with E-state index in [2.05, 4.69) is 13.5 Å². The topological polar surface area (TPSA) is 38.8 Å². The van der Waals surface area contributed by atoms with Crippen molar-refractivity contribution in [2.24, 2.45) is 0 Å². The van der Waals surface area contributed by atoms with Gasteiger partial charge in [0.25, 0.3) is 5.91 Å². The highest BCUT2D eigenvalue weighted by atomic mass is 16.5. The van der Waals surface area contributed by atoms with Gasteiger partial charge in [0.1, 0.15) is 6.61 Å². The molecule has 0 saturated heterocycles. The largest absolute Gasteiger partial charge is 0.493 e. The molecule has 2 aromatic carbocycles. The Bertz CT molecular complexity index is 698. The molecule has 0 N–H and O–H groups in total. The Labute approximate surface area is 149 Å². The van der Waals surface area contributed by atoms with Crippen molar-refractivity contribution in [3.05, 3.63) is 72.3 Å². The highest BCUT2D eigenvalue weighted by Crippen LogP contribution is 2.28. The summed E-state index contributed by atoms with van der Waals surface area (Å²) >= 11 is 0. The lowest BCUT2D eigenvalue weighted by Crippen LogP contribution is -2.31. The van der Waals surface area contributed by atoms with E-state index < -0.39 is 0 Å². The van der Waals surface area contributed by atoms with E-state index in [1.807, 2.05) is 35.2 Å². The normalized spacial score (nSPS) is 10.2. The molecule has 0 aliphatic heterocycles. The van der Waals surface area contributed by atoms with Crippen LogP contribution in [0.5, 0.6) is 11.5 Å². The molecule has 0 aliphatic rings. The molecular weight excluding hydrogens is 314 g/mol. The molecule has 4 nitrogen and oxygen atoms in total. The van der Waals surface area contributed by atoms with Crippen molar-refractivity contribution in [2.75, 3.05) is 20.3 Å². The maximum Gasteiger partial charge on any atom is 0.254 e. The number of hydrogen-bond acceptors (Lipinski definition) is 3. The van der Waals surface area contributed by atoms with Gasteiger partial charge in [-0.25, -0.2) is 0 Å². The molecule has 0 unspecified atom stereocenters. The van der Waals surface area contributed by atoms with E-state index in [4.69, 9.17) is 9.47 Å². The third kappa shape index (κ3) is 5.11. The van der Waals surface area contributed by atoms with Crippen LogP contribution in [0, 0.1) is 0 Å². The number of methoxy groups -OCH3 is 1. The maximum atomic E-state index is 12.9. The Morgan fingerprint density at radius 1 is 1.16 bits per heavy atom. The molecule has 0 atom stereocenters.